The summed E-state index contributed by atoms with van der Waals surface area (Å²) in [5.41, 5.74) is 1.69. The second-order valence-electron chi connectivity index (χ2n) is 9.65. The lowest BCUT2D eigenvalue weighted by molar-refractivity contribution is 0.0931. The number of amides is 1. The zero-order valence-corrected chi connectivity index (χ0v) is 22.6. The summed E-state index contributed by atoms with van der Waals surface area (Å²) in [7, 11) is 1.27. The second-order valence-corrected chi connectivity index (χ2v) is 9.65. The standard InChI is InChI=1S/C17H23NO6.C12H18/c1-10(2)15(20)14-12(19)9-13(24-16(14)21)11(3)7-5-6-8-18-17(22)23-4;1-10(2)4-7-12-8-5-11(3)6-9-12/h6,8-11,19H,5,7H2,1-4H3,(H,18,22);5-6,8-10H,4,7H2,1-3H3/b8-6+;. The van der Waals surface area contributed by atoms with Gasteiger partial charge in [0.15, 0.2) is 5.78 Å². The van der Waals surface area contributed by atoms with Crippen LogP contribution in [0.5, 0.6) is 5.75 Å². The number of hydrogen-bond acceptors (Lipinski definition) is 6. The van der Waals surface area contributed by atoms with E-state index >= 15 is 0 Å². The van der Waals surface area contributed by atoms with E-state index in [0.29, 0.717) is 18.6 Å². The van der Waals surface area contributed by atoms with Gasteiger partial charge in [0.05, 0.1) is 7.11 Å². The SMILES string of the molecule is COC(=O)N/C=C/CCC(C)c1cc(O)c(C(=O)C(C)C)c(=O)o1.Cc1ccc(CCC(C)C)cc1. The number of rotatable bonds is 10. The van der Waals surface area contributed by atoms with Gasteiger partial charge < -0.3 is 14.3 Å². The van der Waals surface area contributed by atoms with E-state index in [9.17, 15) is 19.5 Å². The van der Waals surface area contributed by atoms with Gasteiger partial charge in [-0.05, 0) is 44.1 Å². The summed E-state index contributed by atoms with van der Waals surface area (Å²) in [6.07, 6.45) is 6.40. The van der Waals surface area contributed by atoms with Crippen LogP contribution >= 0.6 is 0 Å². The van der Waals surface area contributed by atoms with Gasteiger partial charge in [0, 0.05) is 24.1 Å². The van der Waals surface area contributed by atoms with Crippen molar-refractivity contribution in [2.45, 2.75) is 73.1 Å². The Morgan fingerprint density at radius 1 is 1.08 bits per heavy atom. The topological polar surface area (TPSA) is 106 Å². The number of ketones is 1. The summed E-state index contributed by atoms with van der Waals surface area (Å²) in [6, 6.07) is 10.2. The first kappa shape index (κ1) is 30.7. The number of carbonyl (C=O) groups is 2. The molecule has 0 aliphatic carbocycles. The van der Waals surface area contributed by atoms with Crippen molar-refractivity contribution in [1.29, 1.82) is 0 Å². The number of nitrogens with one attached hydrogen (secondary N) is 1. The molecule has 7 nitrogen and oxygen atoms in total. The van der Waals surface area contributed by atoms with Crippen LogP contribution in [0.25, 0.3) is 0 Å². The van der Waals surface area contributed by atoms with Crippen LogP contribution in [-0.4, -0.2) is 24.1 Å². The summed E-state index contributed by atoms with van der Waals surface area (Å²) < 4.78 is 9.60. The summed E-state index contributed by atoms with van der Waals surface area (Å²) in [5, 5.41) is 12.4. The van der Waals surface area contributed by atoms with Crippen molar-refractivity contribution in [2.24, 2.45) is 11.8 Å². The third kappa shape index (κ3) is 10.9. The van der Waals surface area contributed by atoms with Gasteiger partial charge in [0.25, 0.3) is 0 Å². The van der Waals surface area contributed by atoms with Crippen molar-refractivity contribution in [3.05, 3.63) is 75.5 Å². The molecule has 1 aromatic heterocycles. The van der Waals surface area contributed by atoms with Gasteiger partial charge in [-0.3, -0.25) is 10.1 Å². The minimum Gasteiger partial charge on any atom is -0.507 e. The van der Waals surface area contributed by atoms with Gasteiger partial charge in [-0.25, -0.2) is 9.59 Å². The predicted octanol–water partition coefficient (Wildman–Crippen LogP) is 6.52. The van der Waals surface area contributed by atoms with E-state index in [0.717, 1.165) is 5.92 Å². The second kappa shape index (κ2) is 15.6. The third-order valence-corrected chi connectivity index (χ3v) is 5.61. The highest BCUT2D eigenvalue weighted by Crippen LogP contribution is 2.25. The van der Waals surface area contributed by atoms with Crippen molar-refractivity contribution in [3.63, 3.8) is 0 Å². The Labute approximate surface area is 214 Å². The van der Waals surface area contributed by atoms with Crippen LogP contribution in [-0.2, 0) is 11.2 Å². The Morgan fingerprint density at radius 2 is 1.72 bits per heavy atom. The molecule has 0 bridgehead atoms. The van der Waals surface area contributed by atoms with Crippen molar-refractivity contribution < 1.29 is 23.8 Å². The molecule has 36 heavy (non-hydrogen) atoms. The lowest BCUT2D eigenvalue weighted by Crippen LogP contribution is -2.19. The van der Waals surface area contributed by atoms with E-state index in [-0.39, 0.29) is 17.2 Å². The van der Waals surface area contributed by atoms with Crippen LogP contribution in [0.3, 0.4) is 0 Å². The van der Waals surface area contributed by atoms with Gasteiger partial charge in [-0.15, -0.1) is 0 Å². The molecule has 7 heteroatoms. The molecule has 198 valence electrons. The fourth-order valence-corrected chi connectivity index (χ4v) is 3.23. The lowest BCUT2D eigenvalue weighted by atomic mass is 9.99. The number of hydrogen-bond donors (Lipinski definition) is 2. The molecule has 1 unspecified atom stereocenters. The summed E-state index contributed by atoms with van der Waals surface area (Å²) in [6.45, 7) is 11.8. The number of methoxy groups -OCH3 is 1. The average Bonchev–Trinajstić information content (AvgIpc) is 2.82. The van der Waals surface area contributed by atoms with E-state index in [1.807, 2.05) is 6.92 Å². The van der Waals surface area contributed by atoms with Crippen LogP contribution in [0.15, 0.2) is 51.8 Å². The first-order valence-corrected chi connectivity index (χ1v) is 12.4. The number of alkyl carbamates (subject to hydrolysis) is 1. The van der Waals surface area contributed by atoms with Gasteiger partial charge in [0.2, 0.25) is 0 Å². The van der Waals surface area contributed by atoms with Gasteiger partial charge >= 0.3 is 11.7 Å². The highest BCUT2D eigenvalue weighted by molar-refractivity contribution is 5.99. The maximum Gasteiger partial charge on any atom is 0.410 e. The third-order valence-electron chi connectivity index (χ3n) is 5.61. The zero-order chi connectivity index (χ0) is 27.3. The number of benzene rings is 1. The van der Waals surface area contributed by atoms with E-state index in [2.05, 4.69) is 55.1 Å². The number of Topliss-reactive ketones (excluding diaryl/α,β-unsaturated/α-hetero) is 1. The van der Waals surface area contributed by atoms with Crippen LogP contribution in [0.1, 0.15) is 87.0 Å². The summed E-state index contributed by atoms with van der Waals surface area (Å²) >= 11 is 0. The van der Waals surface area contributed by atoms with Crippen LogP contribution < -0.4 is 10.9 Å². The zero-order valence-electron chi connectivity index (χ0n) is 22.6. The molecule has 2 N–H and O–H groups in total. The molecule has 1 aromatic carbocycles. The quantitative estimate of drug-likeness (QED) is 0.360. The molecule has 0 fully saturated rings. The molecule has 1 heterocycles. The fourth-order valence-electron chi connectivity index (χ4n) is 3.23. The van der Waals surface area contributed by atoms with E-state index in [1.165, 1.54) is 43.3 Å². The van der Waals surface area contributed by atoms with Crippen LogP contribution in [0.2, 0.25) is 0 Å². The first-order chi connectivity index (χ1) is 17.0. The monoisotopic (exact) mass is 499 g/mol. The molecule has 0 spiro atoms. The molecule has 0 saturated heterocycles. The van der Waals surface area contributed by atoms with Gasteiger partial charge in [-0.1, -0.05) is 70.5 Å². The Balaban J connectivity index is 0.000000450. The lowest BCUT2D eigenvalue weighted by Gasteiger charge is -2.11. The molecule has 0 saturated carbocycles. The smallest absolute Gasteiger partial charge is 0.410 e. The normalized spacial score (nSPS) is 11.8. The number of carbonyl (C=O) groups excluding carboxylic acids is 2. The summed E-state index contributed by atoms with van der Waals surface area (Å²) in [5.74, 6) is -0.227. The molecule has 1 atom stereocenters. The predicted molar refractivity (Wildman–Crippen MR) is 142 cm³/mol. The Bertz CT molecular complexity index is 1050. The van der Waals surface area contributed by atoms with Crippen LogP contribution in [0.4, 0.5) is 4.79 Å². The summed E-state index contributed by atoms with van der Waals surface area (Å²) in [4.78, 5) is 34.7. The Morgan fingerprint density at radius 3 is 2.25 bits per heavy atom. The molecule has 2 aromatic rings. The molecule has 2 rings (SSSR count). The maximum atomic E-state index is 12.0. The van der Waals surface area contributed by atoms with Crippen molar-refractivity contribution in [3.8, 4) is 5.75 Å². The largest absolute Gasteiger partial charge is 0.507 e. The number of aromatic hydroxyl groups is 1. The number of allylic oxidation sites excluding steroid dienone is 1. The Kier molecular flexibility index (Phi) is 13.3. The van der Waals surface area contributed by atoms with Crippen molar-refractivity contribution in [1.82, 2.24) is 5.32 Å². The molecule has 0 aliphatic heterocycles. The highest BCUT2D eigenvalue weighted by Gasteiger charge is 2.22. The van der Waals surface area contributed by atoms with E-state index < -0.39 is 23.4 Å². The first-order valence-electron chi connectivity index (χ1n) is 12.4. The van der Waals surface area contributed by atoms with E-state index in [4.69, 9.17) is 4.42 Å². The molecular formula is C29H41NO6. The number of ether oxygens (including phenoxy) is 1. The average molecular weight is 500 g/mol. The minimum absolute atomic E-state index is 0.144. The fraction of sp³-hybridized carbons (Fsp3) is 0.483. The molecular weight excluding hydrogens is 458 g/mol. The van der Waals surface area contributed by atoms with E-state index in [1.54, 1.807) is 19.9 Å². The van der Waals surface area contributed by atoms with Crippen molar-refractivity contribution >= 4 is 11.9 Å². The number of aryl methyl sites for hydroxylation is 2. The van der Waals surface area contributed by atoms with Gasteiger partial charge in [0.1, 0.15) is 17.1 Å². The van der Waals surface area contributed by atoms with Gasteiger partial charge in [-0.2, -0.15) is 0 Å². The van der Waals surface area contributed by atoms with Crippen molar-refractivity contribution in [2.75, 3.05) is 7.11 Å². The highest BCUT2D eigenvalue weighted by atomic mass is 16.5. The minimum atomic E-state index is -0.821. The molecule has 0 radical (unpaired) electrons. The Hall–Kier alpha value is -3.35. The maximum absolute atomic E-state index is 12.0. The van der Waals surface area contributed by atoms with Crippen LogP contribution in [0, 0.1) is 18.8 Å². The molecule has 1 amide bonds. The molecule has 0 aliphatic rings.